The zero-order valence-electron chi connectivity index (χ0n) is 19.8. The minimum absolute atomic E-state index is 0.0435. The summed E-state index contributed by atoms with van der Waals surface area (Å²) >= 11 is 0. The van der Waals surface area contributed by atoms with Crippen molar-refractivity contribution in [2.75, 3.05) is 26.7 Å². The summed E-state index contributed by atoms with van der Waals surface area (Å²) in [5, 5.41) is 38.4. The SMILES string of the molecule is CCNC[C@@H]1CC[C@@H](N)[C@@H](O[C@H]2[C@@H](O)[C@@H](O[C@H]3OC[C@](C)(O)[C@H](NC)[C@@H]3O)[C@H](N)C[C@@H]2N)O1. The van der Waals surface area contributed by atoms with Crippen molar-refractivity contribution in [3.05, 3.63) is 0 Å². The van der Waals surface area contributed by atoms with Crippen LogP contribution >= 0.6 is 0 Å². The van der Waals surface area contributed by atoms with Gasteiger partial charge in [0, 0.05) is 18.6 Å². The molecule has 12 heteroatoms. The van der Waals surface area contributed by atoms with Crippen LogP contribution < -0.4 is 27.8 Å². The Kier molecular flexibility index (Phi) is 9.45. The number of rotatable bonds is 8. The summed E-state index contributed by atoms with van der Waals surface area (Å²) in [7, 11) is 1.63. The molecule has 0 spiro atoms. The third-order valence-corrected chi connectivity index (χ3v) is 6.91. The van der Waals surface area contributed by atoms with Gasteiger partial charge in [-0.15, -0.1) is 0 Å². The summed E-state index contributed by atoms with van der Waals surface area (Å²) in [6, 6.07) is -2.20. The molecule has 3 rings (SSSR count). The second-order valence-corrected chi connectivity index (χ2v) is 9.72. The molecule has 11 N–H and O–H groups in total. The maximum atomic E-state index is 11.1. The Hall–Kier alpha value is -0.480. The zero-order valence-corrected chi connectivity index (χ0v) is 19.8. The van der Waals surface area contributed by atoms with E-state index in [-0.39, 0.29) is 18.8 Å². The first-order valence-electron chi connectivity index (χ1n) is 11.9. The third-order valence-electron chi connectivity index (χ3n) is 6.91. The van der Waals surface area contributed by atoms with Gasteiger partial charge in [-0.2, -0.15) is 0 Å². The van der Waals surface area contributed by atoms with Crippen LogP contribution in [0, 0.1) is 0 Å². The van der Waals surface area contributed by atoms with E-state index in [1.54, 1.807) is 14.0 Å². The fraction of sp³-hybridized carbons (Fsp3) is 1.00. The first-order chi connectivity index (χ1) is 15.6. The zero-order chi connectivity index (χ0) is 24.3. The van der Waals surface area contributed by atoms with Crippen molar-refractivity contribution in [3.8, 4) is 0 Å². The van der Waals surface area contributed by atoms with Crippen LogP contribution in [0.15, 0.2) is 0 Å². The van der Waals surface area contributed by atoms with Gasteiger partial charge in [0.05, 0.1) is 24.8 Å². The lowest BCUT2D eigenvalue weighted by molar-refractivity contribution is -0.306. The monoisotopic (exact) mass is 477 g/mol. The second-order valence-electron chi connectivity index (χ2n) is 9.72. The van der Waals surface area contributed by atoms with Crippen molar-refractivity contribution >= 4 is 0 Å². The molecule has 12 nitrogen and oxygen atoms in total. The lowest BCUT2D eigenvalue weighted by Crippen LogP contribution is -2.68. The first-order valence-corrected chi connectivity index (χ1v) is 11.9. The predicted octanol–water partition coefficient (Wildman–Crippen LogP) is -3.33. The molecular formula is C21H43N5O7. The smallest absolute Gasteiger partial charge is 0.185 e. The van der Waals surface area contributed by atoms with E-state index in [9.17, 15) is 15.3 Å². The van der Waals surface area contributed by atoms with Crippen molar-refractivity contribution in [2.24, 2.45) is 17.2 Å². The summed E-state index contributed by atoms with van der Waals surface area (Å²) < 4.78 is 23.7. The lowest BCUT2D eigenvalue weighted by atomic mass is 9.84. The fourth-order valence-electron chi connectivity index (χ4n) is 4.98. The van der Waals surface area contributed by atoms with E-state index < -0.39 is 60.7 Å². The molecule has 0 aromatic carbocycles. The number of nitrogens with two attached hydrogens (primary N) is 3. The molecule has 1 aliphatic carbocycles. The molecule has 3 fully saturated rings. The minimum atomic E-state index is -1.28. The van der Waals surface area contributed by atoms with Gasteiger partial charge in [-0.1, -0.05) is 6.92 Å². The van der Waals surface area contributed by atoms with Crippen LogP contribution in [0.4, 0.5) is 0 Å². The van der Waals surface area contributed by atoms with Gasteiger partial charge in [-0.25, -0.2) is 0 Å². The Morgan fingerprint density at radius 3 is 2.24 bits per heavy atom. The predicted molar refractivity (Wildman–Crippen MR) is 120 cm³/mol. The average Bonchev–Trinajstić information content (AvgIpc) is 2.75. The van der Waals surface area contributed by atoms with E-state index in [0.29, 0.717) is 13.0 Å². The highest BCUT2D eigenvalue weighted by Crippen LogP contribution is 2.31. The van der Waals surface area contributed by atoms with Gasteiger partial charge in [0.25, 0.3) is 0 Å². The van der Waals surface area contributed by atoms with Gasteiger partial charge in [-0.3, -0.25) is 0 Å². The molecule has 3 aliphatic rings. The van der Waals surface area contributed by atoms with Crippen LogP contribution in [0.5, 0.6) is 0 Å². The van der Waals surface area contributed by atoms with Crippen LogP contribution in [0.25, 0.3) is 0 Å². The maximum Gasteiger partial charge on any atom is 0.185 e. The average molecular weight is 478 g/mol. The van der Waals surface area contributed by atoms with Crippen LogP contribution in [-0.2, 0) is 18.9 Å². The maximum absolute atomic E-state index is 11.1. The van der Waals surface area contributed by atoms with Crippen LogP contribution in [-0.4, -0.2) is 115 Å². The largest absolute Gasteiger partial charge is 0.388 e. The molecule has 0 amide bonds. The quantitative estimate of drug-likeness (QED) is 0.173. The molecule has 33 heavy (non-hydrogen) atoms. The summed E-state index contributed by atoms with van der Waals surface area (Å²) in [5.41, 5.74) is 17.5. The van der Waals surface area contributed by atoms with Gasteiger partial charge in [0.1, 0.15) is 30.0 Å². The van der Waals surface area contributed by atoms with Crippen LogP contribution in [0.1, 0.15) is 33.1 Å². The van der Waals surface area contributed by atoms with Crippen LogP contribution in [0.2, 0.25) is 0 Å². The van der Waals surface area contributed by atoms with Gasteiger partial charge in [0.15, 0.2) is 12.6 Å². The number of hydrogen-bond acceptors (Lipinski definition) is 12. The minimum Gasteiger partial charge on any atom is -0.388 e. The molecule has 2 aliphatic heterocycles. The molecule has 2 heterocycles. The summed E-state index contributed by atoms with van der Waals surface area (Å²) in [4.78, 5) is 0. The summed E-state index contributed by atoms with van der Waals surface area (Å²) in [6.07, 6.45) is -4.11. The highest BCUT2D eigenvalue weighted by molar-refractivity contribution is 5.02. The second kappa shape index (κ2) is 11.5. The number of likely N-dealkylation sites (N-methyl/N-ethyl adjacent to an activating group) is 2. The highest BCUT2D eigenvalue weighted by Gasteiger charge is 2.50. The number of nitrogens with one attached hydrogen (secondary N) is 2. The lowest BCUT2D eigenvalue weighted by Gasteiger charge is -2.48. The van der Waals surface area contributed by atoms with Crippen molar-refractivity contribution in [3.63, 3.8) is 0 Å². The van der Waals surface area contributed by atoms with Crippen molar-refractivity contribution < 1.29 is 34.3 Å². The Balaban J connectivity index is 1.66. The van der Waals surface area contributed by atoms with E-state index in [1.807, 2.05) is 6.92 Å². The molecule has 194 valence electrons. The molecule has 12 atom stereocenters. The standard InChI is InChI=1S/C21H43N5O7/c1-4-26-8-10-5-6-11(22)19(31-10)32-16-12(23)7-13(24)17(14(16)27)33-20-15(28)18(25-3)21(2,29)9-30-20/h10-20,25-29H,4-9,22-24H2,1-3H3/t10-,11+,12-,13+,14+,15-,16+,17-,18+,19+,20+,21-/m0/s1. The van der Waals surface area contributed by atoms with Crippen LogP contribution in [0.3, 0.4) is 0 Å². The summed E-state index contributed by atoms with van der Waals surface area (Å²) in [5.74, 6) is 0. The Labute approximate surface area is 195 Å². The third kappa shape index (κ3) is 6.21. The first kappa shape index (κ1) is 27.1. The van der Waals surface area contributed by atoms with Crippen molar-refractivity contribution in [1.82, 2.24) is 10.6 Å². The number of hydrogen-bond donors (Lipinski definition) is 8. The Bertz CT molecular complexity index is 616. The molecule has 1 saturated carbocycles. The van der Waals surface area contributed by atoms with E-state index in [2.05, 4.69) is 10.6 Å². The van der Waals surface area contributed by atoms with E-state index in [4.69, 9.17) is 36.1 Å². The van der Waals surface area contributed by atoms with Gasteiger partial charge in [-0.05, 0) is 39.8 Å². The molecule has 0 aromatic heterocycles. The fourth-order valence-corrected chi connectivity index (χ4v) is 4.98. The Morgan fingerprint density at radius 1 is 1.00 bits per heavy atom. The topological polar surface area (TPSA) is 200 Å². The van der Waals surface area contributed by atoms with E-state index >= 15 is 0 Å². The molecule has 0 radical (unpaired) electrons. The van der Waals surface area contributed by atoms with Gasteiger partial charge < -0.3 is 62.1 Å². The molecular weight excluding hydrogens is 434 g/mol. The van der Waals surface area contributed by atoms with Gasteiger partial charge in [0.2, 0.25) is 0 Å². The van der Waals surface area contributed by atoms with Crippen molar-refractivity contribution in [2.45, 2.75) is 106 Å². The van der Waals surface area contributed by atoms with E-state index in [1.165, 1.54) is 0 Å². The molecule has 0 bridgehead atoms. The summed E-state index contributed by atoms with van der Waals surface area (Å²) in [6.45, 7) is 5.05. The van der Waals surface area contributed by atoms with E-state index in [0.717, 1.165) is 19.4 Å². The number of ether oxygens (including phenoxy) is 4. The molecule has 2 saturated heterocycles. The number of aliphatic hydroxyl groups is 3. The Morgan fingerprint density at radius 2 is 1.64 bits per heavy atom. The molecule has 0 unspecified atom stereocenters. The molecule has 0 aromatic rings. The number of aliphatic hydroxyl groups excluding tert-OH is 2. The highest BCUT2D eigenvalue weighted by atomic mass is 16.7. The van der Waals surface area contributed by atoms with Gasteiger partial charge >= 0.3 is 0 Å². The van der Waals surface area contributed by atoms with Crippen molar-refractivity contribution in [1.29, 1.82) is 0 Å². The normalized spacial score (nSPS) is 49.2.